The Balaban J connectivity index is 1.62. The summed E-state index contributed by atoms with van der Waals surface area (Å²) in [7, 11) is 4.67. The standard InChI is InChI=1S/C33H32N2O7S/c1-6-41-32(37)29-20(2)34-33-35(31(36)28(43-33)17-22-12-14-24(38-3)26(16-22)39-4)30(29)23-13-15-25(27(18-23)40-5)42-19-21-10-8-7-9-11-21/h7-18,30H,6,19H2,1-5H3/b28-17-. The number of esters is 1. The number of ether oxygens (including phenoxy) is 5. The number of thiazole rings is 1. The zero-order chi connectivity index (χ0) is 30.5. The van der Waals surface area contributed by atoms with Crippen molar-refractivity contribution in [3.05, 3.63) is 114 Å². The first-order valence-electron chi connectivity index (χ1n) is 13.6. The van der Waals surface area contributed by atoms with E-state index in [2.05, 4.69) is 4.99 Å². The van der Waals surface area contributed by atoms with Crippen LogP contribution in [0.3, 0.4) is 0 Å². The van der Waals surface area contributed by atoms with Crippen molar-refractivity contribution in [3.8, 4) is 23.0 Å². The predicted molar refractivity (Wildman–Crippen MR) is 164 cm³/mol. The summed E-state index contributed by atoms with van der Waals surface area (Å²) in [5.41, 5.74) is 2.89. The Morgan fingerprint density at radius 3 is 2.33 bits per heavy atom. The van der Waals surface area contributed by atoms with Gasteiger partial charge in [-0.1, -0.05) is 53.8 Å². The van der Waals surface area contributed by atoms with Gasteiger partial charge in [-0.2, -0.15) is 0 Å². The predicted octanol–water partition coefficient (Wildman–Crippen LogP) is 4.40. The lowest BCUT2D eigenvalue weighted by Gasteiger charge is -2.25. The van der Waals surface area contributed by atoms with Crippen LogP contribution in [-0.4, -0.2) is 38.5 Å². The lowest BCUT2D eigenvalue weighted by molar-refractivity contribution is -0.139. The highest BCUT2D eigenvalue weighted by atomic mass is 32.1. The molecule has 222 valence electrons. The molecule has 0 saturated carbocycles. The van der Waals surface area contributed by atoms with E-state index in [0.29, 0.717) is 50.2 Å². The summed E-state index contributed by atoms with van der Waals surface area (Å²) in [5, 5.41) is 0. The maximum Gasteiger partial charge on any atom is 0.338 e. The maximum absolute atomic E-state index is 14.0. The molecule has 1 aliphatic rings. The Bertz CT molecular complexity index is 1860. The van der Waals surface area contributed by atoms with E-state index in [1.165, 1.54) is 15.9 Å². The van der Waals surface area contributed by atoms with Crippen molar-refractivity contribution in [1.29, 1.82) is 0 Å². The molecule has 0 N–H and O–H groups in total. The van der Waals surface area contributed by atoms with Crippen LogP contribution in [0.1, 0.15) is 36.6 Å². The second-order valence-corrected chi connectivity index (χ2v) is 10.6. The number of carbonyl (C=O) groups is 1. The number of methoxy groups -OCH3 is 3. The number of fused-ring (bicyclic) bond motifs is 1. The summed E-state index contributed by atoms with van der Waals surface area (Å²) < 4.78 is 29.9. The van der Waals surface area contributed by atoms with E-state index in [9.17, 15) is 9.59 Å². The Hall–Kier alpha value is -4.83. The van der Waals surface area contributed by atoms with Crippen molar-refractivity contribution < 1.29 is 28.5 Å². The zero-order valence-corrected chi connectivity index (χ0v) is 25.4. The largest absolute Gasteiger partial charge is 0.493 e. The lowest BCUT2D eigenvalue weighted by Crippen LogP contribution is -2.40. The average molecular weight is 601 g/mol. The molecular formula is C33H32N2O7S. The molecule has 2 heterocycles. The Morgan fingerprint density at radius 1 is 0.930 bits per heavy atom. The number of rotatable bonds is 10. The van der Waals surface area contributed by atoms with Crippen LogP contribution in [0.5, 0.6) is 23.0 Å². The van der Waals surface area contributed by atoms with Crippen molar-refractivity contribution in [2.75, 3.05) is 27.9 Å². The summed E-state index contributed by atoms with van der Waals surface area (Å²) in [6.45, 7) is 4.03. The number of hydrogen-bond acceptors (Lipinski definition) is 9. The normalized spacial score (nSPS) is 14.5. The smallest absolute Gasteiger partial charge is 0.338 e. The molecule has 1 aliphatic heterocycles. The Morgan fingerprint density at radius 2 is 1.63 bits per heavy atom. The molecule has 0 spiro atoms. The fourth-order valence-electron chi connectivity index (χ4n) is 4.91. The third-order valence-corrected chi connectivity index (χ3v) is 7.95. The van der Waals surface area contributed by atoms with Crippen molar-refractivity contribution >= 4 is 23.4 Å². The molecule has 10 heteroatoms. The second-order valence-electron chi connectivity index (χ2n) is 9.60. The van der Waals surface area contributed by atoms with Crippen LogP contribution >= 0.6 is 11.3 Å². The highest BCUT2D eigenvalue weighted by Gasteiger charge is 2.34. The van der Waals surface area contributed by atoms with Gasteiger partial charge in [-0.25, -0.2) is 9.79 Å². The third kappa shape index (κ3) is 6.05. The molecule has 1 unspecified atom stereocenters. The average Bonchev–Trinajstić information content (AvgIpc) is 3.33. The highest BCUT2D eigenvalue weighted by Crippen LogP contribution is 2.36. The highest BCUT2D eigenvalue weighted by molar-refractivity contribution is 7.07. The van der Waals surface area contributed by atoms with E-state index in [-0.39, 0.29) is 17.7 Å². The minimum atomic E-state index is -0.792. The van der Waals surface area contributed by atoms with Crippen LogP contribution in [0.2, 0.25) is 0 Å². The SMILES string of the molecule is CCOC(=O)C1=C(C)N=c2s/c(=C\c3ccc(OC)c(OC)c3)c(=O)n2C1c1ccc(OCc2ccccc2)c(OC)c1. The van der Waals surface area contributed by atoms with Gasteiger partial charge in [0.25, 0.3) is 5.56 Å². The van der Waals surface area contributed by atoms with Crippen molar-refractivity contribution in [3.63, 3.8) is 0 Å². The summed E-state index contributed by atoms with van der Waals surface area (Å²) in [6.07, 6.45) is 1.77. The van der Waals surface area contributed by atoms with Crippen LogP contribution in [0, 0.1) is 0 Å². The van der Waals surface area contributed by atoms with Gasteiger partial charge in [0, 0.05) is 0 Å². The molecule has 43 heavy (non-hydrogen) atoms. The molecule has 0 radical (unpaired) electrons. The molecule has 1 atom stereocenters. The van der Waals surface area contributed by atoms with Gasteiger partial charge in [-0.05, 0) is 60.9 Å². The van der Waals surface area contributed by atoms with Gasteiger partial charge in [0.15, 0.2) is 27.8 Å². The van der Waals surface area contributed by atoms with E-state index >= 15 is 0 Å². The summed E-state index contributed by atoms with van der Waals surface area (Å²) in [4.78, 5) is 32.4. The number of nitrogens with zero attached hydrogens (tertiary/aromatic N) is 2. The van der Waals surface area contributed by atoms with E-state index in [4.69, 9.17) is 23.7 Å². The number of allylic oxidation sites excluding steroid dienone is 1. The van der Waals surface area contributed by atoms with Crippen molar-refractivity contribution in [1.82, 2.24) is 4.57 Å². The monoisotopic (exact) mass is 600 g/mol. The molecular weight excluding hydrogens is 568 g/mol. The molecule has 0 amide bonds. The number of benzene rings is 3. The summed E-state index contributed by atoms with van der Waals surface area (Å²) in [6, 6.07) is 19.8. The van der Waals surface area contributed by atoms with E-state index in [1.54, 1.807) is 65.5 Å². The molecule has 1 aromatic heterocycles. The van der Waals surface area contributed by atoms with Gasteiger partial charge in [0.1, 0.15) is 6.61 Å². The molecule has 0 bridgehead atoms. The topological polar surface area (TPSA) is 97.6 Å². The minimum Gasteiger partial charge on any atom is -0.493 e. The molecule has 3 aromatic carbocycles. The van der Waals surface area contributed by atoms with Crippen LogP contribution in [0.4, 0.5) is 0 Å². The van der Waals surface area contributed by atoms with Gasteiger partial charge in [-0.3, -0.25) is 9.36 Å². The van der Waals surface area contributed by atoms with Gasteiger partial charge >= 0.3 is 5.97 Å². The van der Waals surface area contributed by atoms with Gasteiger partial charge in [-0.15, -0.1) is 0 Å². The summed E-state index contributed by atoms with van der Waals surface area (Å²) >= 11 is 1.24. The van der Waals surface area contributed by atoms with Crippen molar-refractivity contribution in [2.24, 2.45) is 4.99 Å². The molecule has 5 rings (SSSR count). The molecule has 9 nitrogen and oxygen atoms in total. The van der Waals surface area contributed by atoms with E-state index in [1.807, 2.05) is 42.5 Å². The zero-order valence-electron chi connectivity index (χ0n) is 24.6. The fourth-order valence-corrected chi connectivity index (χ4v) is 5.96. The van der Waals surface area contributed by atoms with Gasteiger partial charge in [0.2, 0.25) is 0 Å². The molecule has 4 aromatic rings. The van der Waals surface area contributed by atoms with Crippen LogP contribution in [0.25, 0.3) is 6.08 Å². The van der Waals surface area contributed by atoms with Crippen LogP contribution in [-0.2, 0) is 16.1 Å². The van der Waals surface area contributed by atoms with E-state index < -0.39 is 12.0 Å². The first kappa shape index (κ1) is 29.7. The number of hydrogen-bond donors (Lipinski definition) is 0. The van der Waals surface area contributed by atoms with Crippen LogP contribution in [0.15, 0.2) is 87.8 Å². The number of aromatic nitrogens is 1. The third-order valence-electron chi connectivity index (χ3n) is 6.96. The first-order chi connectivity index (χ1) is 20.9. The minimum absolute atomic E-state index is 0.182. The fraction of sp³-hybridized carbons (Fsp3) is 0.242. The molecule has 0 aliphatic carbocycles. The Kier molecular flexibility index (Phi) is 8.96. The number of carbonyl (C=O) groups excluding carboxylic acids is 1. The van der Waals surface area contributed by atoms with Gasteiger partial charge in [0.05, 0.1) is 49.8 Å². The Labute approximate surface area is 252 Å². The van der Waals surface area contributed by atoms with Crippen LogP contribution < -0.4 is 33.8 Å². The first-order valence-corrected chi connectivity index (χ1v) is 14.5. The maximum atomic E-state index is 14.0. The van der Waals surface area contributed by atoms with E-state index in [0.717, 1.165) is 11.1 Å². The van der Waals surface area contributed by atoms with Crippen molar-refractivity contribution in [2.45, 2.75) is 26.5 Å². The summed E-state index contributed by atoms with van der Waals surface area (Å²) in [5.74, 6) is 1.60. The van der Waals surface area contributed by atoms with Gasteiger partial charge < -0.3 is 23.7 Å². The second kappa shape index (κ2) is 13.0. The quantitative estimate of drug-likeness (QED) is 0.249. The lowest BCUT2D eigenvalue weighted by atomic mass is 9.95. The molecule has 0 saturated heterocycles. The molecule has 0 fully saturated rings.